The first-order valence-corrected chi connectivity index (χ1v) is 8.96. The molecule has 1 aromatic heterocycles. The molecule has 2 aromatic carbocycles. The largest absolute Gasteiger partial charge is 0.483 e. The van der Waals surface area contributed by atoms with Gasteiger partial charge in [0.15, 0.2) is 6.61 Å². The molecule has 2 heterocycles. The Hall–Kier alpha value is -3.42. The highest BCUT2D eigenvalue weighted by Crippen LogP contribution is 2.24. The average molecular weight is 382 g/mol. The van der Waals surface area contributed by atoms with Crippen molar-refractivity contribution >= 4 is 22.8 Å². The van der Waals surface area contributed by atoms with Gasteiger partial charge in [-0.05, 0) is 30.3 Å². The van der Waals surface area contributed by atoms with E-state index in [2.05, 4.69) is 10.3 Å². The predicted octanol–water partition coefficient (Wildman–Crippen LogP) is 1.71. The SMILES string of the molecule is O=C(Cn1cnc2ccccc21)NCCN1Cc2cc(F)ccc2OCC1=O. The second-order valence-electron chi connectivity index (χ2n) is 6.57. The van der Waals surface area contributed by atoms with Crippen LogP contribution < -0.4 is 10.1 Å². The van der Waals surface area contributed by atoms with Gasteiger partial charge in [0.25, 0.3) is 5.91 Å². The van der Waals surface area contributed by atoms with Crippen LogP contribution in [0.15, 0.2) is 48.8 Å². The molecule has 0 saturated heterocycles. The number of aromatic nitrogens is 2. The maximum Gasteiger partial charge on any atom is 0.260 e. The molecule has 0 unspecified atom stereocenters. The molecule has 1 aliphatic heterocycles. The molecule has 1 aliphatic rings. The van der Waals surface area contributed by atoms with Gasteiger partial charge in [0.1, 0.15) is 18.1 Å². The summed E-state index contributed by atoms with van der Waals surface area (Å²) in [6, 6.07) is 11.8. The third-order valence-corrected chi connectivity index (χ3v) is 4.63. The Balaban J connectivity index is 1.34. The van der Waals surface area contributed by atoms with Gasteiger partial charge < -0.3 is 19.5 Å². The number of nitrogens with one attached hydrogen (secondary N) is 1. The van der Waals surface area contributed by atoms with Crippen LogP contribution in [0.2, 0.25) is 0 Å². The third-order valence-electron chi connectivity index (χ3n) is 4.63. The fourth-order valence-electron chi connectivity index (χ4n) is 3.22. The second kappa shape index (κ2) is 7.67. The molecule has 0 spiro atoms. The summed E-state index contributed by atoms with van der Waals surface area (Å²) in [5.74, 6) is -0.245. The molecule has 0 radical (unpaired) electrons. The lowest BCUT2D eigenvalue weighted by molar-refractivity contribution is -0.133. The smallest absolute Gasteiger partial charge is 0.260 e. The van der Waals surface area contributed by atoms with Crippen molar-refractivity contribution in [1.29, 1.82) is 0 Å². The number of imidazole rings is 1. The predicted molar refractivity (Wildman–Crippen MR) is 100 cm³/mol. The summed E-state index contributed by atoms with van der Waals surface area (Å²) in [6.45, 7) is 0.892. The van der Waals surface area contributed by atoms with Gasteiger partial charge in [-0.2, -0.15) is 0 Å². The van der Waals surface area contributed by atoms with Crippen molar-refractivity contribution in [2.24, 2.45) is 0 Å². The van der Waals surface area contributed by atoms with Gasteiger partial charge in [-0.15, -0.1) is 0 Å². The number of benzene rings is 2. The number of carbonyl (C=O) groups excluding carboxylic acids is 2. The van der Waals surface area contributed by atoms with Gasteiger partial charge in [-0.3, -0.25) is 9.59 Å². The van der Waals surface area contributed by atoms with E-state index in [1.54, 1.807) is 15.8 Å². The summed E-state index contributed by atoms with van der Waals surface area (Å²) in [4.78, 5) is 30.3. The minimum atomic E-state index is -0.377. The fourth-order valence-corrected chi connectivity index (χ4v) is 3.22. The van der Waals surface area contributed by atoms with Crippen LogP contribution in [0, 0.1) is 5.82 Å². The van der Waals surface area contributed by atoms with Crippen LogP contribution in [-0.4, -0.2) is 46.0 Å². The molecule has 7 nitrogen and oxygen atoms in total. The van der Waals surface area contributed by atoms with Crippen molar-refractivity contribution in [1.82, 2.24) is 19.8 Å². The van der Waals surface area contributed by atoms with E-state index in [1.165, 1.54) is 18.2 Å². The highest BCUT2D eigenvalue weighted by atomic mass is 19.1. The van der Waals surface area contributed by atoms with Gasteiger partial charge >= 0.3 is 0 Å². The number of fused-ring (bicyclic) bond motifs is 2. The fraction of sp³-hybridized carbons (Fsp3) is 0.250. The van der Waals surface area contributed by atoms with Crippen molar-refractivity contribution < 1.29 is 18.7 Å². The van der Waals surface area contributed by atoms with Gasteiger partial charge in [0.2, 0.25) is 5.91 Å². The summed E-state index contributed by atoms with van der Waals surface area (Å²) in [5.41, 5.74) is 2.33. The Bertz CT molecular complexity index is 1030. The lowest BCUT2D eigenvalue weighted by atomic mass is 10.2. The van der Waals surface area contributed by atoms with E-state index >= 15 is 0 Å². The number of ether oxygens (including phenoxy) is 1. The van der Waals surface area contributed by atoms with Crippen molar-refractivity contribution in [2.45, 2.75) is 13.1 Å². The van der Waals surface area contributed by atoms with E-state index < -0.39 is 0 Å². The van der Waals surface area contributed by atoms with Gasteiger partial charge in [-0.1, -0.05) is 12.1 Å². The molecule has 0 atom stereocenters. The van der Waals surface area contributed by atoms with Gasteiger partial charge in [0.05, 0.1) is 17.4 Å². The molecule has 2 amide bonds. The van der Waals surface area contributed by atoms with E-state index in [1.807, 2.05) is 24.3 Å². The Morgan fingerprint density at radius 1 is 1.25 bits per heavy atom. The van der Waals surface area contributed by atoms with Crippen molar-refractivity contribution in [3.63, 3.8) is 0 Å². The Labute approximate surface area is 160 Å². The molecule has 0 saturated carbocycles. The lowest BCUT2D eigenvalue weighted by Crippen LogP contribution is -2.39. The first-order valence-electron chi connectivity index (χ1n) is 8.96. The zero-order valence-corrected chi connectivity index (χ0v) is 15.1. The first-order chi connectivity index (χ1) is 13.6. The average Bonchev–Trinajstić information content (AvgIpc) is 3.02. The number of amides is 2. The van der Waals surface area contributed by atoms with E-state index in [4.69, 9.17) is 4.74 Å². The van der Waals surface area contributed by atoms with E-state index in [9.17, 15) is 14.0 Å². The van der Waals surface area contributed by atoms with Crippen LogP contribution in [0.5, 0.6) is 5.75 Å². The number of nitrogens with zero attached hydrogens (tertiary/aromatic N) is 3. The summed E-state index contributed by atoms with van der Waals surface area (Å²) >= 11 is 0. The normalized spacial score (nSPS) is 13.8. The summed E-state index contributed by atoms with van der Waals surface area (Å²) < 4.78 is 20.7. The quantitative estimate of drug-likeness (QED) is 0.729. The molecule has 0 bridgehead atoms. The molecule has 144 valence electrons. The molecule has 1 N–H and O–H groups in total. The van der Waals surface area contributed by atoms with Crippen LogP contribution >= 0.6 is 0 Å². The van der Waals surface area contributed by atoms with Crippen LogP contribution in [0.25, 0.3) is 11.0 Å². The lowest BCUT2D eigenvalue weighted by Gasteiger charge is -2.20. The maximum atomic E-state index is 13.5. The van der Waals surface area contributed by atoms with Gasteiger partial charge in [-0.25, -0.2) is 9.37 Å². The minimum Gasteiger partial charge on any atom is -0.483 e. The molecular formula is C20H19FN4O3. The van der Waals surface area contributed by atoms with E-state index in [0.717, 1.165) is 11.0 Å². The van der Waals surface area contributed by atoms with Crippen LogP contribution in [0.1, 0.15) is 5.56 Å². The minimum absolute atomic E-state index is 0.104. The van der Waals surface area contributed by atoms with Crippen molar-refractivity contribution in [3.8, 4) is 5.75 Å². The van der Waals surface area contributed by atoms with Crippen LogP contribution in [0.3, 0.4) is 0 Å². The first kappa shape index (κ1) is 18.0. The standard InChI is InChI=1S/C20H19FN4O3/c21-15-5-6-18-14(9-15)10-24(20(27)12-28-18)8-7-22-19(26)11-25-13-23-16-3-1-2-4-17(16)25/h1-6,9,13H,7-8,10-12H2,(H,22,26). The number of rotatable bonds is 5. The zero-order chi connectivity index (χ0) is 19.5. The third kappa shape index (κ3) is 3.80. The summed E-state index contributed by atoms with van der Waals surface area (Å²) in [6.07, 6.45) is 1.63. The van der Waals surface area contributed by atoms with Gasteiger partial charge in [0, 0.05) is 25.2 Å². The van der Waals surface area contributed by atoms with E-state index in [0.29, 0.717) is 24.4 Å². The molecule has 4 rings (SSSR count). The summed E-state index contributed by atoms with van der Waals surface area (Å²) in [7, 11) is 0. The Morgan fingerprint density at radius 2 is 2.11 bits per heavy atom. The van der Waals surface area contributed by atoms with Crippen molar-refractivity contribution in [3.05, 3.63) is 60.2 Å². The molecule has 0 fully saturated rings. The molecule has 0 aliphatic carbocycles. The number of halogens is 1. The number of hydrogen-bond acceptors (Lipinski definition) is 4. The highest BCUT2D eigenvalue weighted by molar-refractivity contribution is 5.81. The highest BCUT2D eigenvalue weighted by Gasteiger charge is 2.21. The molecule has 3 aromatic rings. The summed E-state index contributed by atoms with van der Waals surface area (Å²) in [5, 5.41) is 2.81. The van der Waals surface area contributed by atoms with Crippen LogP contribution in [0.4, 0.5) is 4.39 Å². The molecular weight excluding hydrogens is 363 g/mol. The number of carbonyl (C=O) groups is 2. The number of hydrogen-bond donors (Lipinski definition) is 1. The van der Waals surface area contributed by atoms with Crippen molar-refractivity contribution in [2.75, 3.05) is 19.7 Å². The molecule has 8 heteroatoms. The topological polar surface area (TPSA) is 76.5 Å². The van der Waals surface area contributed by atoms with Crippen LogP contribution in [-0.2, 0) is 22.7 Å². The monoisotopic (exact) mass is 382 g/mol. The Kier molecular flexibility index (Phi) is 4.92. The maximum absolute atomic E-state index is 13.5. The zero-order valence-electron chi connectivity index (χ0n) is 15.1. The van der Waals surface area contributed by atoms with E-state index in [-0.39, 0.29) is 37.3 Å². The second-order valence-corrected chi connectivity index (χ2v) is 6.57. The Morgan fingerprint density at radius 3 is 3.00 bits per heavy atom. The molecule has 28 heavy (non-hydrogen) atoms. The number of para-hydroxylation sites is 2.